The first-order chi connectivity index (χ1) is 9.36. The molecule has 1 N–H and O–H groups in total. The summed E-state index contributed by atoms with van der Waals surface area (Å²) >= 11 is 17.5. The molecule has 1 rings (SSSR count). The third-order valence-electron chi connectivity index (χ3n) is 2.38. The molecule has 7 heteroatoms. The predicted octanol–water partition coefficient (Wildman–Crippen LogP) is 3.69. The standard InChI is InChI=1S/C13H16Cl3NO3/c1-3-4-11(18)17-12(13(14,15)16)20-10-7-5-9(19-2)6-8-10/h5-8,12H,3-4H2,1-2H3,(H,17,18)/t12-/m0/s1. The second kappa shape index (κ2) is 7.81. The zero-order valence-corrected chi connectivity index (χ0v) is 13.4. The fourth-order valence-corrected chi connectivity index (χ4v) is 1.71. The highest BCUT2D eigenvalue weighted by atomic mass is 35.6. The Balaban J connectivity index is 2.76. The van der Waals surface area contributed by atoms with Gasteiger partial charge in [0.25, 0.3) is 0 Å². The number of carbonyl (C=O) groups is 1. The highest BCUT2D eigenvalue weighted by Crippen LogP contribution is 2.32. The van der Waals surface area contributed by atoms with Crippen molar-refractivity contribution in [3.8, 4) is 11.5 Å². The van der Waals surface area contributed by atoms with Gasteiger partial charge in [0, 0.05) is 6.42 Å². The van der Waals surface area contributed by atoms with Crippen molar-refractivity contribution in [2.75, 3.05) is 7.11 Å². The van der Waals surface area contributed by atoms with E-state index in [1.165, 1.54) is 0 Å². The van der Waals surface area contributed by atoms with Gasteiger partial charge in [0.1, 0.15) is 11.5 Å². The maximum atomic E-state index is 11.6. The SMILES string of the molecule is CCCC(=O)N[C@@H](Oc1ccc(OC)cc1)C(Cl)(Cl)Cl. The third kappa shape index (κ3) is 5.65. The molecule has 112 valence electrons. The molecule has 0 aromatic heterocycles. The minimum Gasteiger partial charge on any atom is -0.497 e. The molecule has 1 atom stereocenters. The van der Waals surface area contributed by atoms with Gasteiger partial charge in [-0.05, 0) is 30.7 Å². The normalized spacial score (nSPS) is 12.7. The van der Waals surface area contributed by atoms with E-state index in [1.807, 2.05) is 6.92 Å². The molecule has 0 aliphatic heterocycles. The Bertz CT molecular complexity index is 431. The molecule has 0 aliphatic rings. The lowest BCUT2D eigenvalue weighted by molar-refractivity contribution is -0.123. The van der Waals surface area contributed by atoms with Gasteiger partial charge in [-0.3, -0.25) is 4.79 Å². The van der Waals surface area contributed by atoms with Crippen LogP contribution in [0.25, 0.3) is 0 Å². The average Bonchev–Trinajstić information content (AvgIpc) is 2.38. The molecule has 1 aromatic rings. The number of methoxy groups -OCH3 is 1. The summed E-state index contributed by atoms with van der Waals surface area (Å²) in [4.78, 5) is 11.6. The predicted molar refractivity (Wildman–Crippen MR) is 80.8 cm³/mol. The lowest BCUT2D eigenvalue weighted by Gasteiger charge is -2.26. The Kier molecular flexibility index (Phi) is 6.72. The molecule has 0 bridgehead atoms. The summed E-state index contributed by atoms with van der Waals surface area (Å²) in [5, 5.41) is 2.55. The van der Waals surface area contributed by atoms with Crippen LogP contribution in [0.2, 0.25) is 0 Å². The van der Waals surface area contributed by atoms with E-state index < -0.39 is 10.0 Å². The lowest BCUT2D eigenvalue weighted by Crippen LogP contribution is -2.47. The molecule has 0 heterocycles. The van der Waals surface area contributed by atoms with Gasteiger partial charge in [-0.2, -0.15) is 0 Å². The summed E-state index contributed by atoms with van der Waals surface area (Å²) in [6.45, 7) is 1.88. The number of carbonyl (C=O) groups excluding carboxylic acids is 1. The van der Waals surface area contributed by atoms with Crippen molar-refractivity contribution in [2.24, 2.45) is 0 Å². The van der Waals surface area contributed by atoms with E-state index in [-0.39, 0.29) is 5.91 Å². The Morgan fingerprint density at radius 3 is 2.25 bits per heavy atom. The number of halogens is 3. The van der Waals surface area contributed by atoms with E-state index in [4.69, 9.17) is 44.3 Å². The van der Waals surface area contributed by atoms with Gasteiger partial charge in [0.05, 0.1) is 7.11 Å². The number of hydrogen-bond donors (Lipinski definition) is 1. The van der Waals surface area contributed by atoms with E-state index in [1.54, 1.807) is 31.4 Å². The average molecular weight is 341 g/mol. The maximum Gasteiger partial charge on any atom is 0.246 e. The number of alkyl halides is 3. The van der Waals surface area contributed by atoms with Crippen LogP contribution in [-0.4, -0.2) is 23.0 Å². The molecule has 1 aromatic carbocycles. The largest absolute Gasteiger partial charge is 0.497 e. The molecule has 0 fully saturated rings. The smallest absolute Gasteiger partial charge is 0.246 e. The Hall–Kier alpha value is -0.840. The summed E-state index contributed by atoms with van der Waals surface area (Å²) in [5.41, 5.74) is 0. The van der Waals surface area contributed by atoms with Crippen LogP contribution in [-0.2, 0) is 4.79 Å². The lowest BCUT2D eigenvalue weighted by atomic mass is 10.3. The minimum atomic E-state index is -1.77. The Morgan fingerprint density at radius 1 is 1.25 bits per heavy atom. The maximum absolute atomic E-state index is 11.6. The van der Waals surface area contributed by atoms with Crippen LogP contribution in [0.3, 0.4) is 0 Å². The highest BCUT2D eigenvalue weighted by molar-refractivity contribution is 6.68. The van der Waals surface area contributed by atoms with Crippen LogP contribution in [0.4, 0.5) is 0 Å². The molecule has 1 amide bonds. The number of nitrogens with one attached hydrogen (secondary N) is 1. The molecule has 4 nitrogen and oxygen atoms in total. The molecular weight excluding hydrogens is 325 g/mol. The Morgan fingerprint density at radius 2 is 1.80 bits per heavy atom. The van der Waals surface area contributed by atoms with Gasteiger partial charge in [0.2, 0.25) is 15.9 Å². The van der Waals surface area contributed by atoms with Crippen LogP contribution >= 0.6 is 34.8 Å². The summed E-state index contributed by atoms with van der Waals surface area (Å²) in [6, 6.07) is 6.74. The summed E-state index contributed by atoms with van der Waals surface area (Å²) in [5.74, 6) is 0.897. The number of benzene rings is 1. The van der Waals surface area contributed by atoms with Crippen molar-refractivity contribution >= 4 is 40.7 Å². The van der Waals surface area contributed by atoms with Crippen LogP contribution in [0.15, 0.2) is 24.3 Å². The van der Waals surface area contributed by atoms with Crippen molar-refractivity contribution in [1.82, 2.24) is 5.32 Å². The quantitative estimate of drug-likeness (QED) is 0.634. The van der Waals surface area contributed by atoms with E-state index in [2.05, 4.69) is 5.32 Å². The van der Waals surface area contributed by atoms with E-state index in [0.29, 0.717) is 24.3 Å². The molecule has 0 saturated carbocycles. The highest BCUT2D eigenvalue weighted by Gasteiger charge is 2.36. The Labute approximate surface area is 133 Å². The fraction of sp³-hybridized carbons (Fsp3) is 0.462. The molecule has 0 unspecified atom stereocenters. The molecule has 0 saturated heterocycles. The number of rotatable bonds is 6. The van der Waals surface area contributed by atoms with Crippen molar-refractivity contribution in [1.29, 1.82) is 0 Å². The van der Waals surface area contributed by atoms with Crippen LogP contribution in [0, 0.1) is 0 Å². The zero-order chi connectivity index (χ0) is 15.2. The van der Waals surface area contributed by atoms with Gasteiger partial charge in [-0.1, -0.05) is 41.7 Å². The van der Waals surface area contributed by atoms with Crippen LogP contribution < -0.4 is 14.8 Å². The van der Waals surface area contributed by atoms with Gasteiger partial charge in [-0.15, -0.1) is 0 Å². The summed E-state index contributed by atoms with van der Waals surface area (Å²) < 4.78 is 8.77. The molecule has 0 radical (unpaired) electrons. The minimum absolute atomic E-state index is 0.239. The van der Waals surface area contributed by atoms with Gasteiger partial charge < -0.3 is 14.8 Å². The van der Waals surface area contributed by atoms with Crippen molar-refractivity contribution in [3.05, 3.63) is 24.3 Å². The van der Waals surface area contributed by atoms with Crippen molar-refractivity contribution < 1.29 is 14.3 Å². The first kappa shape index (κ1) is 17.2. The first-order valence-electron chi connectivity index (χ1n) is 6.03. The summed E-state index contributed by atoms with van der Waals surface area (Å²) in [6.07, 6.45) is -0.0376. The van der Waals surface area contributed by atoms with Crippen LogP contribution in [0.5, 0.6) is 11.5 Å². The topological polar surface area (TPSA) is 47.6 Å². The number of amides is 1. The second-order valence-corrected chi connectivity index (χ2v) is 6.40. The third-order valence-corrected chi connectivity index (χ3v) is 2.97. The van der Waals surface area contributed by atoms with E-state index in [9.17, 15) is 4.79 Å². The zero-order valence-electron chi connectivity index (χ0n) is 11.2. The summed E-state index contributed by atoms with van der Waals surface area (Å²) in [7, 11) is 1.56. The number of hydrogen-bond acceptors (Lipinski definition) is 3. The molecular formula is C13H16Cl3NO3. The fourth-order valence-electron chi connectivity index (χ4n) is 1.41. The molecule has 0 aliphatic carbocycles. The number of ether oxygens (including phenoxy) is 2. The van der Waals surface area contributed by atoms with E-state index in [0.717, 1.165) is 0 Å². The van der Waals surface area contributed by atoms with Gasteiger partial charge in [-0.25, -0.2) is 0 Å². The second-order valence-electron chi connectivity index (χ2n) is 4.03. The van der Waals surface area contributed by atoms with Gasteiger partial charge >= 0.3 is 0 Å². The van der Waals surface area contributed by atoms with Crippen molar-refractivity contribution in [2.45, 2.75) is 29.8 Å². The van der Waals surface area contributed by atoms with Crippen LogP contribution in [0.1, 0.15) is 19.8 Å². The monoisotopic (exact) mass is 339 g/mol. The van der Waals surface area contributed by atoms with Gasteiger partial charge in [0.15, 0.2) is 0 Å². The van der Waals surface area contributed by atoms with Crippen molar-refractivity contribution in [3.63, 3.8) is 0 Å². The van der Waals surface area contributed by atoms with E-state index >= 15 is 0 Å². The molecule has 0 spiro atoms. The first-order valence-corrected chi connectivity index (χ1v) is 7.17. The molecule has 20 heavy (non-hydrogen) atoms.